The van der Waals surface area contributed by atoms with Gasteiger partial charge >= 0.3 is 0 Å². The zero-order valence-electron chi connectivity index (χ0n) is 8.87. The fourth-order valence-electron chi connectivity index (χ4n) is 1.88. The van der Waals surface area contributed by atoms with E-state index >= 15 is 0 Å². The molecule has 0 spiro atoms. The number of nitrogens with one attached hydrogen (secondary N) is 1. The summed E-state index contributed by atoms with van der Waals surface area (Å²) in [5, 5.41) is 1.23. The lowest BCUT2D eigenvalue weighted by Gasteiger charge is -1.97. The second-order valence-corrected chi connectivity index (χ2v) is 5.75. The van der Waals surface area contributed by atoms with Gasteiger partial charge in [0.15, 0.2) is 0 Å². The van der Waals surface area contributed by atoms with E-state index in [1.165, 1.54) is 10.9 Å². The van der Waals surface area contributed by atoms with E-state index in [2.05, 4.69) is 85.4 Å². The Balaban J connectivity index is 2.14. The van der Waals surface area contributed by atoms with Crippen LogP contribution in [0, 0.1) is 0 Å². The van der Waals surface area contributed by atoms with Crippen molar-refractivity contribution in [2.24, 2.45) is 0 Å². The third kappa shape index (κ3) is 2.17. The van der Waals surface area contributed by atoms with Crippen molar-refractivity contribution in [2.45, 2.75) is 0 Å². The fraction of sp³-hybridized carbons (Fsp3) is 0. The highest BCUT2D eigenvalue weighted by atomic mass is 79.9. The Labute approximate surface area is 116 Å². The van der Waals surface area contributed by atoms with Crippen molar-refractivity contribution in [1.29, 1.82) is 0 Å². The molecule has 0 aliphatic heterocycles. The second kappa shape index (κ2) is 4.31. The molecule has 1 aromatic heterocycles. The first-order valence-electron chi connectivity index (χ1n) is 5.26. The van der Waals surface area contributed by atoms with E-state index in [1.807, 2.05) is 0 Å². The van der Waals surface area contributed by atoms with E-state index in [9.17, 15) is 0 Å². The maximum absolute atomic E-state index is 3.48. The quantitative estimate of drug-likeness (QED) is 0.608. The van der Waals surface area contributed by atoms with Crippen LogP contribution in [0.4, 0.5) is 0 Å². The molecule has 0 bridgehead atoms. The summed E-state index contributed by atoms with van der Waals surface area (Å²) in [6.45, 7) is 0. The first-order valence-corrected chi connectivity index (χ1v) is 6.85. The average molecular weight is 351 g/mol. The third-order valence-electron chi connectivity index (χ3n) is 2.74. The summed E-state index contributed by atoms with van der Waals surface area (Å²) in [6, 6.07) is 16.7. The largest absolute Gasteiger partial charge is 0.354 e. The molecule has 0 unspecified atom stereocenters. The summed E-state index contributed by atoms with van der Waals surface area (Å²) in [5.41, 5.74) is 3.49. The van der Waals surface area contributed by atoms with Crippen molar-refractivity contribution in [1.82, 2.24) is 4.98 Å². The molecule has 1 nitrogen and oxygen atoms in total. The predicted octanol–water partition coefficient (Wildman–Crippen LogP) is 5.36. The molecule has 3 rings (SSSR count). The van der Waals surface area contributed by atoms with E-state index in [0.717, 1.165) is 20.2 Å². The van der Waals surface area contributed by atoms with Gasteiger partial charge < -0.3 is 4.98 Å². The van der Waals surface area contributed by atoms with Gasteiger partial charge in [-0.3, -0.25) is 0 Å². The molecule has 2 aromatic carbocycles. The van der Waals surface area contributed by atoms with Gasteiger partial charge in [0.05, 0.1) is 0 Å². The topological polar surface area (TPSA) is 15.8 Å². The maximum Gasteiger partial charge on any atom is 0.0470 e. The van der Waals surface area contributed by atoms with E-state index in [1.54, 1.807) is 0 Å². The minimum atomic E-state index is 1.09. The number of fused-ring (bicyclic) bond motifs is 1. The molecule has 84 valence electrons. The van der Waals surface area contributed by atoms with Gasteiger partial charge in [-0.1, -0.05) is 50.1 Å². The minimum absolute atomic E-state index is 1.09. The molecule has 1 heterocycles. The maximum atomic E-state index is 3.48. The molecule has 3 aromatic rings. The molecule has 0 radical (unpaired) electrons. The van der Waals surface area contributed by atoms with Crippen molar-refractivity contribution in [3.8, 4) is 11.3 Å². The Morgan fingerprint density at radius 3 is 2.24 bits per heavy atom. The van der Waals surface area contributed by atoms with Crippen LogP contribution < -0.4 is 0 Å². The number of aromatic amines is 1. The zero-order valence-corrected chi connectivity index (χ0v) is 12.0. The van der Waals surface area contributed by atoms with E-state index in [-0.39, 0.29) is 0 Å². The van der Waals surface area contributed by atoms with Gasteiger partial charge in [0, 0.05) is 25.5 Å². The number of rotatable bonds is 1. The van der Waals surface area contributed by atoms with Crippen LogP contribution in [0.25, 0.3) is 22.2 Å². The third-order valence-corrected chi connectivity index (χ3v) is 3.76. The predicted molar refractivity (Wildman–Crippen MR) is 79.1 cm³/mol. The summed E-state index contributed by atoms with van der Waals surface area (Å²) >= 11 is 6.93. The van der Waals surface area contributed by atoms with Crippen LogP contribution in [0.3, 0.4) is 0 Å². The van der Waals surface area contributed by atoms with Gasteiger partial charge in [0.25, 0.3) is 0 Å². The highest BCUT2D eigenvalue weighted by Gasteiger charge is 2.03. The molecule has 3 heteroatoms. The highest BCUT2D eigenvalue weighted by molar-refractivity contribution is 9.10. The normalized spacial score (nSPS) is 10.9. The summed E-state index contributed by atoms with van der Waals surface area (Å²) in [7, 11) is 0. The van der Waals surface area contributed by atoms with Crippen LogP contribution in [0.15, 0.2) is 57.5 Å². The van der Waals surface area contributed by atoms with Crippen molar-refractivity contribution >= 4 is 42.8 Å². The van der Waals surface area contributed by atoms with Crippen molar-refractivity contribution in [2.75, 3.05) is 0 Å². The van der Waals surface area contributed by atoms with Gasteiger partial charge in [0.2, 0.25) is 0 Å². The highest BCUT2D eigenvalue weighted by Crippen LogP contribution is 2.27. The first-order chi connectivity index (χ1) is 8.22. The SMILES string of the molecule is Brc1ccc(-c2cc3ccc(Br)cc3[nH]2)cc1. The van der Waals surface area contributed by atoms with Crippen LogP contribution in [0.5, 0.6) is 0 Å². The number of hydrogen-bond donors (Lipinski definition) is 1. The Morgan fingerprint density at radius 1 is 0.765 bits per heavy atom. The standard InChI is InChI=1S/C14H9Br2N/c15-11-4-1-9(2-5-11)13-7-10-3-6-12(16)8-14(10)17-13/h1-8,17H. The van der Waals surface area contributed by atoms with Crippen LogP contribution >= 0.6 is 31.9 Å². The summed E-state index contributed by atoms with van der Waals surface area (Å²) < 4.78 is 2.19. The molecule has 0 saturated carbocycles. The molecule has 0 atom stereocenters. The molecular formula is C14H9Br2N. The van der Waals surface area contributed by atoms with E-state index in [0.29, 0.717) is 0 Å². The lowest BCUT2D eigenvalue weighted by molar-refractivity contribution is 1.45. The van der Waals surface area contributed by atoms with Crippen LogP contribution in [0.1, 0.15) is 0 Å². The minimum Gasteiger partial charge on any atom is -0.354 e. The molecule has 0 saturated heterocycles. The average Bonchev–Trinajstić information content (AvgIpc) is 2.72. The van der Waals surface area contributed by atoms with E-state index in [4.69, 9.17) is 0 Å². The summed E-state index contributed by atoms with van der Waals surface area (Å²) in [5.74, 6) is 0. The Hall–Kier alpha value is -1.06. The van der Waals surface area contributed by atoms with Gasteiger partial charge in [-0.05, 0) is 35.9 Å². The fourth-order valence-corrected chi connectivity index (χ4v) is 2.51. The monoisotopic (exact) mass is 349 g/mol. The van der Waals surface area contributed by atoms with Gasteiger partial charge in [-0.25, -0.2) is 0 Å². The van der Waals surface area contributed by atoms with Gasteiger partial charge in [-0.2, -0.15) is 0 Å². The second-order valence-electron chi connectivity index (χ2n) is 3.92. The molecule has 0 aliphatic carbocycles. The molecule has 0 fully saturated rings. The lowest BCUT2D eigenvalue weighted by atomic mass is 10.1. The van der Waals surface area contributed by atoms with Crippen LogP contribution in [-0.4, -0.2) is 4.98 Å². The zero-order chi connectivity index (χ0) is 11.8. The summed E-state index contributed by atoms with van der Waals surface area (Å²) in [6.07, 6.45) is 0. The van der Waals surface area contributed by atoms with Crippen LogP contribution in [-0.2, 0) is 0 Å². The van der Waals surface area contributed by atoms with Gasteiger partial charge in [0.1, 0.15) is 0 Å². The number of hydrogen-bond acceptors (Lipinski definition) is 0. The van der Waals surface area contributed by atoms with Crippen molar-refractivity contribution in [3.63, 3.8) is 0 Å². The first kappa shape index (κ1) is 11.1. The number of benzene rings is 2. The Bertz CT molecular complexity index is 668. The van der Waals surface area contributed by atoms with E-state index < -0.39 is 0 Å². The number of H-pyrrole nitrogens is 1. The molecular weight excluding hydrogens is 342 g/mol. The Kier molecular flexibility index (Phi) is 2.81. The molecule has 1 N–H and O–H groups in total. The number of halogens is 2. The van der Waals surface area contributed by atoms with Crippen molar-refractivity contribution in [3.05, 3.63) is 57.5 Å². The molecule has 0 amide bonds. The molecule has 0 aliphatic rings. The summed E-state index contributed by atoms with van der Waals surface area (Å²) in [4.78, 5) is 3.43. The number of aromatic nitrogens is 1. The Morgan fingerprint density at radius 2 is 1.47 bits per heavy atom. The smallest absolute Gasteiger partial charge is 0.0470 e. The van der Waals surface area contributed by atoms with Crippen LogP contribution in [0.2, 0.25) is 0 Å². The lowest BCUT2D eigenvalue weighted by Crippen LogP contribution is -1.75. The van der Waals surface area contributed by atoms with Gasteiger partial charge in [-0.15, -0.1) is 0 Å². The van der Waals surface area contributed by atoms with Crippen molar-refractivity contribution < 1.29 is 0 Å². The molecule has 17 heavy (non-hydrogen) atoms.